The predicted molar refractivity (Wildman–Crippen MR) is 55.0 cm³/mol. The van der Waals surface area contributed by atoms with Gasteiger partial charge in [0, 0.05) is 19.1 Å². The molecule has 0 aliphatic heterocycles. The van der Waals surface area contributed by atoms with Crippen LogP contribution in [0.5, 0.6) is 0 Å². The third kappa shape index (κ3) is 1.58. The van der Waals surface area contributed by atoms with Gasteiger partial charge in [-0.1, -0.05) is 5.57 Å². The molecule has 0 aromatic rings. The summed E-state index contributed by atoms with van der Waals surface area (Å²) >= 11 is 0. The number of hydrogen-bond acceptors (Lipinski definition) is 2. The molecule has 2 nitrogen and oxygen atoms in total. The summed E-state index contributed by atoms with van der Waals surface area (Å²) in [6, 6.07) is 0. The van der Waals surface area contributed by atoms with Crippen molar-refractivity contribution in [3.05, 3.63) is 34.9 Å². The van der Waals surface area contributed by atoms with E-state index >= 15 is 0 Å². The average molecular weight is 190 g/mol. The van der Waals surface area contributed by atoms with Crippen LogP contribution in [0.15, 0.2) is 34.9 Å². The van der Waals surface area contributed by atoms with Crippen molar-refractivity contribution in [3.63, 3.8) is 0 Å². The van der Waals surface area contributed by atoms with Gasteiger partial charge in [0.2, 0.25) is 0 Å². The molecule has 2 rings (SSSR count). The van der Waals surface area contributed by atoms with Gasteiger partial charge in [0.05, 0.1) is 6.10 Å². The molecule has 0 saturated heterocycles. The summed E-state index contributed by atoms with van der Waals surface area (Å²) in [5.74, 6) is 0.265. The summed E-state index contributed by atoms with van der Waals surface area (Å²) in [6.07, 6.45) is 7.59. The van der Waals surface area contributed by atoms with E-state index in [0.717, 1.165) is 23.1 Å². The Morgan fingerprint density at radius 1 is 1.36 bits per heavy atom. The molecule has 2 aliphatic rings. The molecular weight excluding hydrogens is 176 g/mol. The molecule has 0 amide bonds. The highest BCUT2D eigenvalue weighted by atomic mass is 16.5. The van der Waals surface area contributed by atoms with E-state index in [9.17, 15) is 4.79 Å². The molecule has 0 aromatic heterocycles. The van der Waals surface area contributed by atoms with Crippen molar-refractivity contribution >= 4 is 5.78 Å². The lowest BCUT2D eigenvalue weighted by Crippen LogP contribution is -2.03. The molecule has 0 radical (unpaired) electrons. The topological polar surface area (TPSA) is 26.3 Å². The van der Waals surface area contributed by atoms with Gasteiger partial charge in [-0.25, -0.2) is 0 Å². The van der Waals surface area contributed by atoms with E-state index in [2.05, 4.69) is 0 Å². The Balaban J connectivity index is 2.42. The van der Waals surface area contributed by atoms with Gasteiger partial charge < -0.3 is 4.74 Å². The molecule has 0 N–H and O–H groups in total. The zero-order chi connectivity index (χ0) is 10.1. The second-order valence-electron chi connectivity index (χ2n) is 3.78. The van der Waals surface area contributed by atoms with Crippen LogP contribution in [0.1, 0.15) is 19.8 Å². The quantitative estimate of drug-likeness (QED) is 0.633. The zero-order valence-electron chi connectivity index (χ0n) is 8.54. The first-order valence-electron chi connectivity index (χ1n) is 4.88. The number of ketones is 1. The minimum absolute atomic E-state index is 0.0182. The number of Topliss-reactive ketones (excluding diaryl/α,β-unsaturated/α-hetero) is 1. The van der Waals surface area contributed by atoms with Crippen molar-refractivity contribution in [1.82, 2.24) is 0 Å². The van der Waals surface area contributed by atoms with Crippen LogP contribution in [-0.4, -0.2) is 19.0 Å². The van der Waals surface area contributed by atoms with Crippen LogP contribution in [-0.2, 0) is 9.53 Å². The van der Waals surface area contributed by atoms with Gasteiger partial charge in [0.25, 0.3) is 0 Å². The van der Waals surface area contributed by atoms with Crippen LogP contribution in [0.2, 0.25) is 0 Å². The highest BCUT2D eigenvalue weighted by Gasteiger charge is 2.24. The van der Waals surface area contributed by atoms with Crippen molar-refractivity contribution in [2.24, 2.45) is 0 Å². The zero-order valence-corrected chi connectivity index (χ0v) is 8.54. The molecule has 0 spiro atoms. The number of rotatable bonds is 1. The maximum atomic E-state index is 11.5. The summed E-state index contributed by atoms with van der Waals surface area (Å²) < 4.78 is 5.29. The lowest BCUT2D eigenvalue weighted by molar-refractivity contribution is -0.114. The van der Waals surface area contributed by atoms with E-state index in [1.54, 1.807) is 7.11 Å². The molecule has 2 heteroatoms. The fourth-order valence-corrected chi connectivity index (χ4v) is 1.96. The highest BCUT2D eigenvalue weighted by Crippen LogP contribution is 2.31. The van der Waals surface area contributed by atoms with Crippen LogP contribution >= 0.6 is 0 Å². The highest BCUT2D eigenvalue weighted by molar-refractivity contribution is 6.03. The first-order chi connectivity index (χ1) is 6.70. The normalized spacial score (nSPS) is 26.3. The average Bonchev–Trinajstić information content (AvgIpc) is 2.41. The van der Waals surface area contributed by atoms with Gasteiger partial charge in [-0.3, -0.25) is 4.79 Å². The van der Waals surface area contributed by atoms with Crippen LogP contribution in [0.3, 0.4) is 0 Å². The minimum Gasteiger partial charge on any atom is -0.373 e. The summed E-state index contributed by atoms with van der Waals surface area (Å²) in [4.78, 5) is 11.5. The fraction of sp³-hybridized carbons (Fsp3) is 0.417. The molecular formula is C12H14O2. The second-order valence-corrected chi connectivity index (χ2v) is 3.78. The van der Waals surface area contributed by atoms with Crippen LogP contribution in [0.25, 0.3) is 0 Å². The predicted octanol–water partition coefficient (Wildman–Crippen LogP) is 2.18. The summed E-state index contributed by atoms with van der Waals surface area (Å²) in [5.41, 5.74) is 3.14. The summed E-state index contributed by atoms with van der Waals surface area (Å²) in [7, 11) is 1.69. The van der Waals surface area contributed by atoms with Crippen molar-refractivity contribution in [1.29, 1.82) is 0 Å². The maximum absolute atomic E-state index is 11.5. The first kappa shape index (κ1) is 9.41. The third-order valence-corrected chi connectivity index (χ3v) is 2.70. The number of fused-ring (bicyclic) bond motifs is 1. The number of carbonyl (C=O) groups is 1. The lowest BCUT2D eigenvalue weighted by Gasteiger charge is -2.05. The van der Waals surface area contributed by atoms with Gasteiger partial charge >= 0.3 is 0 Å². The van der Waals surface area contributed by atoms with Crippen molar-refractivity contribution in [2.45, 2.75) is 25.9 Å². The molecule has 0 heterocycles. The second kappa shape index (κ2) is 3.54. The number of hydrogen-bond donors (Lipinski definition) is 0. The number of ether oxygens (including phenoxy) is 1. The van der Waals surface area contributed by atoms with E-state index in [0.29, 0.717) is 6.42 Å². The van der Waals surface area contributed by atoms with Crippen LogP contribution in [0, 0.1) is 0 Å². The minimum atomic E-state index is 0.0182. The molecule has 74 valence electrons. The van der Waals surface area contributed by atoms with E-state index in [4.69, 9.17) is 4.74 Å². The van der Waals surface area contributed by atoms with E-state index in [1.165, 1.54) is 0 Å². The number of carbonyl (C=O) groups excluding carboxylic acids is 1. The van der Waals surface area contributed by atoms with Crippen molar-refractivity contribution < 1.29 is 9.53 Å². The molecule has 1 unspecified atom stereocenters. The molecule has 0 bridgehead atoms. The first-order valence-corrected chi connectivity index (χ1v) is 4.88. The molecule has 14 heavy (non-hydrogen) atoms. The van der Waals surface area contributed by atoms with Gasteiger partial charge in [-0.2, -0.15) is 0 Å². The van der Waals surface area contributed by atoms with Gasteiger partial charge in [0.15, 0.2) is 5.78 Å². The van der Waals surface area contributed by atoms with Crippen LogP contribution in [0.4, 0.5) is 0 Å². The molecule has 1 atom stereocenters. The molecule has 1 fully saturated rings. The maximum Gasteiger partial charge on any atom is 0.163 e. The monoisotopic (exact) mass is 190 g/mol. The van der Waals surface area contributed by atoms with Gasteiger partial charge in [0.1, 0.15) is 0 Å². The smallest absolute Gasteiger partial charge is 0.163 e. The fourth-order valence-electron chi connectivity index (χ4n) is 1.96. The molecule has 0 aromatic carbocycles. The molecule has 1 saturated carbocycles. The standard InChI is InChI=1S/C12H14O2/c1-8-5-10(14-2)7-9-3-4-12(13)11(9)6-8/h5-7,10H,3-4H2,1-2H3. The summed E-state index contributed by atoms with van der Waals surface area (Å²) in [6.45, 7) is 2.00. The van der Waals surface area contributed by atoms with Crippen LogP contribution < -0.4 is 0 Å². The summed E-state index contributed by atoms with van der Waals surface area (Å²) in [5, 5.41) is 0. The Morgan fingerprint density at radius 2 is 2.14 bits per heavy atom. The Morgan fingerprint density at radius 3 is 2.86 bits per heavy atom. The van der Waals surface area contributed by atoms with Crippen molar-refractivity contribution in [3.8, 4) is 0 Å². The van der Waals surface area contributed by atoms with E-state index in [-0.39, 0.29) is 11.9 Å². The third-order valence-electron chi connectivity index (χ3n) is 2.70. The Hall–Kier alpha value is -1.15. The Kier molecular flexibility index (Phi) is 2.38. The largest absolute Gasteiger partial charge is 0.373 e. The van der Waals surface area contributed by atoms with Gasteiger partial charge in [-0.05, 0) is 37.1 Å². The number of methoxy groups -OCH3 is 1. The van der Waals surface area contributed by atoms with Crippen molar-refractivity contribution in [2.75, 3.05) is 7.11 Å². The Labute approximate surface area is 83.9 Å². The SMILES string of the molecule is COC1C=C(C)C=C2C(=O)CCC2=C1. The van der Waals surface area contributed by atoms with E-state index in [1.807, 2.05) is 25.2 Å². The van der Waals surface area contributed by atoms with E-state index < -0.39 is 0 Å². The molecule has 2 aliphatic carbocycles. The lowest BCUT2D eigenvalue weighted by atomic mass is 10.1. The van der Waals surface area contributed by atoms with Gasteiger partial charge in [-0.15, -0.1) is 0 Å². The number of allylic oxidation sites excluding steroid dienone is 4. The Bertz CT molecular complexity index is 359.